The summed E-state index contributed by atoms with van der Waals surface area (Å²) in [5.41, 5.74) is 2.02. The van der Waals surface area contributed by atoms with Gasteiger partial charge in [0, 0.05) is 17.3 Å². The van der Waals surface area contributed by atoms with Crippen molar-refractivity contribution < 1.29 is 9.18 Å². The van der Waals surface area contributed by atoms with E-state index in [0.29, 0.717) is 23.1 Å². The fraction of sp³-hybridized carbons (Fsp3) is 0.0769. The van der Waals surface area contributed by atoms with Crippen molar-refractivity contribution in [1.82, 2.24) is 4.98 Å². The molecule has 0 amide bonds. The summed E-state index contributed by atoms with van der Waals surface area (Å²) in [7, 11) is 0. The van der Waals surface area contributed by atoms with Crippen LogP contribution >= 0.6 is 0 Å². The lowest BCUT2D eigenvalue weighted by atomic mass is 10.0. The third-order valence-electron chi connectivity index (χ3n) is 2.31. The summed E-state index contributed by atoms with van der Waals surface area (Å²) in [5.74, 6) is -0.373. The summed E-state index contributed by atoms with van der Waals surface area (Å²) in [6.45, 7) is 1.84. The van der Waals surface area contributed by atoms with Crippen LogP contribution in [-0.4, -0.2) is 11.3 Å². The normalized spacial score (nSPS) is 10.1. The van der Waals surface area contributed by atoms with Gasteiger partial charge >= 0.3 is 0 Å². The van der Waals surface area contributed by atoms with Crippen LogP contribution in [0.1, 0.15) is 15.9 Å². The van der Waals surface area contributed by atoms with Crippen molar-refractivity contribution in [3.8, 4) is 11.3 Å². The number of nitrogens with zero attached hydrogens (tertiary/aromatic N) is 1. The molecule has 0 atom stereocenters. The second-order valence-corrected chi connectivity index (χ2v) is 3.55. The number of carbonyl (C=O) groups excluding carboxylic acids is 1. The van der Waals surface area contributed by atoms with Crippen molar-refractivity contribution in [3.05, 3.63) is 53.5 Å². The fourth-order valence-corrected chi connectivity index (χ4v) is 1.56. The van der Waals surface area contributed by atoms with Crippen molar-refractivity contribution in [1.29, 1.82) is 0 Å². The van der Waals surface area contributed by atoms with Crippen molar-refractivity contribution >= 4 is 6.29 Å². The summed E-state index contributed by atoms with van der Waals surface area (Å²) in [6, 6.07) is 7.98. The van der Waals surface area contributed by atoms with Gasteiger partial charge in [-0.3, -0.25) is 9.78 Å². The van der Waals surface area contributed by atoms with Crippen LogP contribution in [-0.2, 0) is 0 Å². The van der Waals surface area contributed by atoms with Crippen molar-refractivity contribution in [2.45, 2.75) is 6.92 Å². The van der Waals surface area contributed by atoms with Gasteiger partial charge in [-0.05, 0) is 30.7 Å². The van der Waals surface area contributed by atoms with Crippen LogP contribution in [0, 0.1) is 12.7 Å². The molecule has 0 aliphatic rings. The van der Waals surface area contributed by atoms with E-state index in [1.54, 1.807) is 30.5 Å². The Morgan fingerprint density at radius 2 is 2.06 bits per heavy atom. The highest BCUT2D eigenvalue weighted by Crippen LogP contribution is 2.23. The Kier molecular flexibility index (Phi) is 2.77. The Hall–Kier alpha value is -2.03. The first kappa shape index (κ1) is 10.5. The van der Waals surface area contributed by atoms with Gasteiger partial charge < -0.3 is 0 Å². The maximum Gasteiger partial charge on any atom is 0.152 e. The molecular formula is C13H10FNO. The number of aryl methyl sites for hydroxylation is 1. The number of aromatic nitrogens is 1. The monoisotopic (exact) mass is 215 g/mol. The van der Waals surface area contributed by atoms with E-state index >= 15 is 0 Å². The first-order chi connectivity index (χ1) is 7.72. The lowest BCUT2D eigenvalue weighted by Crippen LogP contribution is -1.95. The second kappa shape index (κ2) is 4.23. The molecule has 0 N–H and O–H groups in total. The van der Waals surface area contributed by atoms with Gasteiger partial charge in [0.25, 0.3) is 0 Å². The van der Waals surface area contributed by atoms with Gasteiger partial charge in [0.1, 0.15) is 5.82 Å². The highest BCUT2D eigenvalue weighted by atomic mass is 19.1. The molecule has 0 fully saturated rings. The van der Waals surface area contributed by atoms with Gasteiger partial charge in [-0.1, -0.05) is 12.1 Å². The van der Waals surface area contributed by atoms with Crippen LogP contribution in [0.15, 0.2) is 36.5 Å². The largest absolute Gasteiger partial charge is 0.298 e. The Morgan fingerprint density at radius 1 is 1.31 bits per heavy atom. The SMILES string of the molecule is Cc1cnc(-c2ccccc2F)c(C=O)c1. The average molecular weight is 215 g/mol. The maximum atomic E-state index is 13.5. The zero-order chi connectivity index (χ0) is 11.5. The smallest absolute Gasteiger partial charge is 0.152 e. The molecule has 2 rings (SSSR count). The van der Waals surface area contributed by atoms with E-state index in [9.17, 15) is 9.18 Å². The third-order valence-corrected chi connectivity index (χ3v) is 2.31. The summed E-state index contributed by atoms with van der Waals surface area (Å²) in [4.78, 5) is 15.0. The Morgan fingerprint density at radius 3 is 2.75 bits per heavy atom. The summed E-state index contributed by atoms with van der Waals surface area (Å²) < 4.78 is 13.5. The number of carbonyl (C=O) groups is 1. The van der Waals surface area contributed by atoms with Crippen LogP contribution in [0.2, 0.25) is 0 Å². The number of benzene rings is 1. The molecule has 0 unspecified atom stereocenters. The van der Waals surface area contributed by atoms with E-state index < -0.39 is 0 Å². The first-order valence-corrected chi connectivity index (χ1v) is 4.89. The highest BCUT2D eigenvalue weighted by Gasteiger charge is 2.10. The van der Waals surface area contributed by atoms with E-state index in [2.05, 4.69) is 4.98 Å². The number of aldehydes is 1. The predicted molar refractivity (Wildman–Crippen MR) is 59.8 cm³/mol. The molecule has 16 heavy (non-hydrogen) atoms. The molecule has 1 aromatic carbocycles. The van der Waals surface area contributed by atoms with Gasteiger partial charge in [0.05, 0.1) is 5.69 Å². The van der Waals surface area contributed by atoms with Crippen molar-refractivity contribution in [2.24, 2.45) is 0 Å². The third kappa shape index (κ3) is 1.84. The quantitative estimate of drug-likeness (QED) is 0.721. The molecule has 0 saturated heterocycles. The zero-order valence-electron chi connectivity index (χ0n) is 8.77. The van der Waals surface area contributed by atoms with E-state index in [4.69, 9.17) is 0 Å². The number of halogens is 1. The molecule has 3 heteroatoms. The molecular weight excluding hydrogens is 205 g/mol. The first-order valence-electron chi connectivity index (χ1n) is 4.89. The van der Waals surface area contributed by atoms with Crippen molar-refractivity contribution in [2.75, 3.05) is 0 Å². The van der Waals surface area contributed by atoms with Gasteiger partial charge in [-0.15, -0.1) is 0 Å². The zero-order valence-corrected chi connectivity index (χ0v) is 8.77. The van der Waals surface area contributed by atoms with E-state index in [-0.39, 0.29) is 5.82 Å². The lowest BCUT2D eigenvalue weighted by Gasteiger charge is -2.05. The van der Waals surface area contributed by atoms with Crippen molar-refractivity contribution in [3.63, 3.8) is 0 Å². The van der Waals surface area contributed by atoms with Crippen LogP contribution in [0.3, 0.4) is 0 Å². The molecule has 80 valence electrons. The van der Waals surface area contributed by atoms with Gasteiger partial charge in [-0.25, -0.2) is 4.39 Å². The molecule has 0 saturated carbocycles. The second-order valence-electron chi connectivity index (χ2n) is 3.55. The molecule has 2 aromatic rings. The minimum Gasteiger partial charge on any atom is -0.298 e. The van der Waals surface area contributed by atoms with Gasteiger partial charge in [0.2, 0.25) is 0 Å². The fourth-order valence-electron chi connectivity index (χ4n) is 1.56. The molecule has 1 aromatic heterocycles. The summed E-state index contributed by atoms with van der Waals surface area (Å²) >= 11 is 0. The summed E-state index contributed by atoms with van der Waals surface area (Å²) in [5, 5.41) is 0. The standard InChI is InChI=1S/C13H10FNO/c1-9-6-10(8-16)13(15-7-9)11-4-2-3-5-12(11)14/h2-8H,1H3. The molecule has 0 radical (unpaired) electrons. The van der Waals surface area contributed by atoms with Crippen LogP contribution < -0.4 is 0 Å². The number of rotatable bonds is 2. The van der Waals surface area contributed by atoms with Crippen LogP contribution in [0.5, 0.6) is 0 Å². The predicted octanol–water partition coefficient (Wildman–Crippen LogP) is 3.01. The highest BCUT2D eigenvalue weighted by molar-refractivity contribution is 5.85. The van der Waals surface area contributed by atoms with E-state index in [1.807, 2.05) is 6.92 Å². The topological polar surface area (TPSA) is 30.0 Å². The van der Waals surface area contributed by atoms with Crippen LogP contribution in [0.4, 0.5) is 4.39 Å². The van der Waals surface area contributed by atoms with Gasteiger partial charge in [-0.2, -0.15) is 0 Å². The van der Waals surface area contributed by atoms with E-state index in [1.165, 1.54) is 6.07 Å². The molecule has 0 aliphatic heterocycles. The Bertz CT molecular complexity index is 537. The Labute approximate surface area is 92.8 Å². The minimum atomic E-state index is -0.373. The maximum absolute atomic E-state index is 13.5. The Balaban J connectivity index is 2.65. The molecule has 1 heterocycles. The molecule has 2 nitrogen and oxygen atoms in total. The lowest BCUT2D eigenvalue weighted by molar-refractivity contribution is 0.112. The number of hydrogen-bond donors (Lipinski definition) is 0. The number of hydrogen-bond acceptors (Lipinski definition) is 2. The average Bonchev–Trinajstić information content (AvgIpc) is 2.30. The minimum absolute atomic E-state index is 0.351. The summed E-state index contributed by atoms with van der Waals surface area (Å²) in [6.07, 6.45) is 2.32. The molecule has 0 spiro atoms. The number of pyridine rings is 1. The van der Waals surface area contributed by atoms with Crippen LogP contribution in [0.25, 0.3) is 11.3 Å². The molecule has 0 bridgehead atoms. The van der Waals surface area contributed by atoms with E-state index in [0.717, 1.165) is 5.56 Å². The van der Waals surface area contributed by atoms with Gasteiger partial charge in [0.15, 0.2) is 6.29 Å². The molecule has 0 aliphatic carbocycles.